The minimum absolute atomic E-state index is 0.212. The van der Waals surface area contributed by atoms with Crippen molar-refractivity contribution in [3.63, 3.8) is 0 Å². The second-order valence-corrected chi connectivity index (χ2v) is 8.08. The molecule has 0 aliphatic rings. The third-order valence-electron chi connectivity index (χ3n) is 3.90. The van der Waals surface area contributed by atoms with E-state index in [0.29, 0.717) is 11.4 Å². The molecule has 2 aromatic rings. The van der Waals surface area contributed by atoms with Gasteiger partial charge in [-0.15, -0.1) is 11.8 Å². The number of guanidine groups is 1. The van der Waals surface area contributed by atoms with E-state index >= 15 is 0 Å². The highest BCUT2D eigenvalue weighted by Gasteiger charge is 2.13. The number of nitrogens with one attached hydrogen (secondary N) is 3. The van der Waals surface area contributed by atoms with Gasteiger partial charge in [0.2, 0.25) is 11.9 Å². The van der Waals surface area contributed by atoms with Crippen molar-refractivity contribution in [3.8, 4) is 0 Å². The molecule has 0 saturated carbocycles. The highest BCUT2D eigenvalue weighted by Crippen LogP contribution is 2.35. The lowest BCUT2D eigenvalue weighted by molar-refractivity contribution is -0.115. The fourth-order valence-electron chi connectivity index (χ4n) is 2.30. The van der Waals surface area contributed by atoms with Crippen LogP contribution in [0.1, 0.15) is 13.3 Å². The van der Waals surface area contributed by atoms with E-state index in [2.05, 4.69) is 30.4 Å². The lowest BCUT2D eigenvalue weighted by Crippen LogP contribution is -2.43. The van der Waals surface area contributed by atoms with Gasteiger partial charge in [0.1, 0.15) is 0 Å². The SMILES string of the molecule is CCC(=O)Nc1cc(Sc2ccc(SC)cc2)ccc1N=C(NC(=O)OC)NC(=O)OC. The van der Waals surface area contributed by atoms with Gasteiger partial charge in [-0.2, -0.15) is 0 Å². The number of carbonyl (C=O) groups excluding carboxylic acids is 3. The Morgan fingerprint density at radius 1 is 0.906 bits per heavy atom. The number of carbonyl (C=O) groups is 3. The highest BCUT2D eigenvalue weighted by molar-refractivity contribution is 7.99. The first-order valence-corrected chi connectivity index (χ1v) is 11.5. The minimum atomic E-state index is -0.833. The Balaban J connectivity index is 2.39. The Kier molecular flexibility index (Phi) is 9.89. The smallest absolute Gasteiger partial charge is 0.413 e. The van der Waals surface area contributed by atoms with Gasteiger partial charge < -0.3 is 14.8 Å². The minimum Gasteiger partial charge on any atom is -0.453 e. The number of hydrogen-bond donors (Lipinski definition) is 3. The summed E-state index contributed by atoms with van der Waals surface area (Å²) in [6.45, 7) is 1.73. The average Bonchev–Trinajstić information content (AvgIpc) is 2.80. The Morgan fingerprint density at radius 3 is 2.00 bits per heavy atom. The number of thioether (sulfide) groups is 1. The third kappa shape index (κ3) is 7.82. The van der Waals surface area contributed by atoms with Gasteiger partial charge in [-0.3, -0.25) is 15.4 Å². The summed E-state index contributed by atoms with van der Waals surface area (Å²) in [6.07, 6.45) is 0.618. The second-order valence-electron chi connectivity index (χ2n) is 6.05. The number of ether oxygens (including phenoxy) is 2. The standard InChI is InChI=1S/C21H24N4O5S2/c1-5-18(26)22-17-12-15(32-14-8-6-13(31-4)7-9-14)10-11-16(17)23-19(24-20(27)29-2)25-21(28)30-3/h6-12H,5H2,1-4H3,(H,22,26)(H2,23,24,25,27,28). The number of hydrogen-bond acceptors (Lipinski definition) is 8. The van der Waals surface area contributed by atoms with E-state index in [1.165, 1.54) is 30.9 Å². The monoisotopic (exact) mass is 476 g/mol. The van der Waals surface area contributed by atoms with Crippen LogP contribution in [0, 0.1) is 0 Å². The maximum absolute atomic E-state index is 12.1. The Labute approximate surface area is 194 Å². The lowest BCUT2D eigenvalue weighted by Gasteiger charge is -2.13. The number of alkyl carbamates (subject to hydrolysis) is 2. The first kappa shape index (κ1) is 25.1. The summed E-state index contributed by atoms with van der Waals surface area (Å²) in [6, 6.07) is 13.4. The van der Waals surface area contributed by atoms with Gasteiger partial charge in [-0.25, -0.2) is 14.6 Å². The van der Waals surface area contributed by atoms with Gasteiger partial charge in [-0.05, 0) is 48.7 Å². The summed E-state index contributed by atoms with van der Waals surface area (Å²) in [7, 11) is 2.35. The fourth-order valence-corrected chi connectivity index (χ4v) is 3.56. The van der Waals surface area contributed by atoms with Crippen LogP contribution in [-0.4, -0.2) is 44.5 Å². The van der Waals surface area contributed by atoms with Crippen LogP contribution in [0.2, 0.25) is 0 Å². The highest BCUT2D eigenvalue weighted by atomic mass is 32.2. The Morgan fingerprint density at radius 2 is 1.47 bits per heavy atom. The van der Waals surface area contributed by atoms with Crippen molar-refractivity contribution < 1.29 is 23.9 Å². The molecule has 2 aromatic carbocycles. The van der Waals surface area contributed by atoms with E-state index in [1.807, 2.05) is 36.6 Å². The van der Waals surface area contributed by atoms with Crippen molar-refractivity contribution in [1.82, 2.24) is 10.6 Å². The van der Waals surface area contributed by atoms with Crippen LogP contribution in [0.25, 0.3) is 0 Å². The molecule has 0 aromatic heterocycles. The molecule has 3 N–H and O–H groups in total. The Hall–Kier alpha value is -3.18. The summed E-state index contributed by atoms with van der Waals surface area (Å²) in [4.78, 5) is 42.6. The lowest BCUT2D eigenvalue weighted by atomic mass is 10.2. The van der Waals surface area contributed by atoms with Gasteiger partial charge in [0.15, 0.2) is 0 Å². The first-order chi connectivity index (χ1) is 15.4. The van der Waals surface area contributed by atoms with Crippen LogP contribution in [0.3, 0.4) is 0 Å². The van der Waals surface area contributed by atoms with E-state index < -0.39 is 12.2 Å². The molecular formula is C21H24N4O5S2. The molecule has 2 rings (SSSR count). The topological polar surface area (TPSA) is 118 Å². The quantitative estimate of drug-likeness (QED) is 0.317. The molecule has 0 aliphatic carbocycles. The summed E-state index contributed by atoms with van der Waals surface area (Å²) in [5, 5.41) is 7.39. The maximum Gasteiger partial charge on any atom is 0.413 e. The summed E-state index contributed by atoms with van der Waals surface area (Å²) in [5.41, 5.74) is 0.732. The molecule has 3 amide bonds. The molecule has 11 heteroatoms. The normalized spacial score (nSPS) is 10.0. The molecule has 0 radical (unpaired) electrons. The zero-order valence-electron chi connectivity index (χ0n) is 18.1. The van der Waals surface area contributed by atoms with Crippen LogP contribution in [0.15, 0.2) is 62.1 Å². The maximum atomic E-state index is 12.1. The second kappa shape index (κ2) is 12.6. The molecule has 0 saturated heterocycles. The first-order valence-electron chi connectivity index (χ1n) is 9.43. The van der Waals surface area contributed by atoms with E-state index in [0.717, 1.165) is 9.79 Å². The number of aliphatic imine (C=N–C) groups is 1. The van der Waals surface area contributed by atoms with Crippen molar-refractivity contribution >= 4 is 59.0 Å². The van der Waals surface area contributed by atoms with Crippen molar-refractivity contribution in [2.45, 2.75) is 28.0 Å². The van der Waals surface area contributed by atoms with Crippen molar-refractivity contribution in [2.24, 2.45) is 4.99 Å². The average molecular weight is 477 g/mol. The van der Waals surface area contributed by atoms with Crippen molar-refractivity contribution in [1.29, 1.82) is 0 Å². The number of anilines is 1. The summed E-state index contributed by atoms with van der Waals surface area (Å²) in [5.74, 6) is -0.430. The zero-order chi connectivity index (χ0) is 23.5. The molecule has 9 nitrogen and oxygen atoms in total. The van der Waals surface area contributed by atoms with E-state index in [4.69, 9.17) is 0 Å². The third-order valence-corrected chi connectivity index (χ3v) is 5.64. The van der Waals surface area contributed by atoms with E-state index in [9.17, 15) is 14.4 Å². The number of benzene rings is 2. The Bertz CT molecular complexity index is 976. The number of rotatable bonds is 6. The zero-order valence-corrected chi connectivity index (χ0v) is 19.7. The fraction of sp³-hybridized carbons (Fsp3) is 0.238. The molecule has 0 atom stereocenters. The molecule has 0 spiro atoms. The van der Waals surface area contributed by atoms with Crippen LogP contribution in [-0.2, 0) is 14.3 Å². The molecule has 0 unspecified atom stereocenters. The van der Waals surface area contributed by atoms with Crippen LogP contribution < -0.4 is 16.0 Å². The van der Waals surface area contributed by atoms with Crippen molar-refractivity contribution in [2.75, 3.05) is 25.8 Å². The van der Waals surface area contributed by atoms with Crippen LogP contribution in [0.4, 0.5) is 21.0 Å². The van der Waals surface area contributed by atoms with E-state index in [1.54, 1.807) is 30.8 Å². The van der Waals surface area contributed by atoms with Gasteiger partial charge >= 0.3 is 12.2 Å². The largest absolute Gasteiger partial charge is 0.453 e. The van der Waals surface area contributed by atoms with E-state index in [-0.39, 0.29) is 18.3 Å². The predicted molar refractivity (Wildman–Crippen MR) is 126 cm³/mol. The number of nitrogens with zero attached hydrogens (tertiary/aromatic N) is 1. The molecular weight excluding hydrogens is 452 g/mol. The number of methoxy groups -OCH3 is 2. The molecule has 0 bridgehead atoms. The predicted octanol–water partition coefficient (Wildman–Crippen LogP) is 4.61. The van der Waals surface area contributed by atoms with Crippen molar-refractivity contribution in [3.05, 3.63) is 42.5 Å². The van der Waals surface area contributed by atoms with Gasteiger partial charge in [0, 0.05) is 21.1 Å². The molecule has 0 aliphatic heterocycles. The van der Waals surface area contributed by atoms with Crippen LogP contribution >= 0.6 is 23.5 Å². The molecule has 0 fully saturated rings. The number of amides is 3. The van der Waals surface area contributed by atoms with Gasteiger partial charge in [-0.1, -0.05) is 18.7 Å². The van der Waals surface area contributed by atoms with Gasteiger partial charge in [0.25, 0.3) is 0 Å². The van der Waals surface area contributed by atoms with Gasteiger partial charge in [0.05, 0.1) is 25.6 Å². The summed E-state index contributed by atoms with van der Waals surface area (Å²) >= 11 is 3.19. The molecule has 0 heterocycles. The molecule has 170 valence electrons. The van der Waals surface area contributed by atoms with Crippen LogP contribution in [0.5, 0.6) is 0 Å². The summed E-state index contributed by atoms with van der Waals surface area (Å²) < 4.78 is 9.10. The molecule has 32 heavy (non-hydrogen) atoms.